The summed E-state index contributed by atoms with van der Waals surface area (Å²) in [6.07, 6.45) is 0. The molecule has 1 heterocycles. The summed E-state index contributed by atoms with van der Waals surface area (Å²) in [7, 11) is 0. The Balaban J connectivity index is 1.79. The average Bonchev–Trinajstić information content (AvgIpc) is 2.68. The third-order valence-corrected chi connectivity index (χ3v) is 4.41. The third-order valence-electron chi connectivity index (χ3n) is 4.41. The standard InChI is InChI=1S/C21H22FN3O3/c1-3-25(4-2)13-21(27)23-14-9-10-18(16(22)11-14)28-19-12-20(26)24-17-8-6-5-7-15(17)19/h5-12H,3-4,13H2,1-2H3,(H,23,27)(H,24,26). The smallest absolute Gasteiger partial charge is 0.252 e. The number of benzene rings is 2. The zero-order valence-corrected chi connectivity index (χ0v) is 15.8. The van der Waals surface area contributed by atoms with Crippen LogP contribution in [0.2, 0.25) is 0 Å². The van der Waals surface area contributed by atoms with Crippen LogP contribution in [0.25, 0.3) is 10.9 Å². The van der Waals surface area contributed by atoms with Crippen molar-refractivity contribution in [3.05, 3.63) is 64.7 Å². The number of ether oxygens (including phenoxy) is 1. The van der Waals surface area contributed by atoms with Crippen LogP contribution in [0.4, 0.5) is 10.1 Å². The van der Waals surface area contributed by atoms with Crippen molar-refractivity contribution in [2.24, 2.45) is 0 Å². The molecule has 0 atom stereocenters. The molecule has 0 radical (unpaired) electrons. The Bertz CT molecular complexity index is 1040. The number of aromatic amines is 1. The van der Waals surface area contributed by atoms with Crippen LogP contribution < -0.4 is 15.6 Å². The number of aromatic nitrogens is 1. The molecule has 3 rings (SSSR count). The molecular formula is C21H22FN3O3. The van der Waals surface area contributed by atoms with Crippen LogP contribution >= 0.6 is 0 Å². The van der Waals surface area contributed by atoms with Crippen LogP contribution in [0.15, 0.2) is 53.3 Å². The largest absolute Gasteiger partial charge is 0.453 e. The molecule has 6 nitrogen and oxygen atoms in total. The number of carbonyl (C=O) groups is 1. The first-order valence-corrected chi connectivity index (χ1v) is 9.11. The van der Waals surface area contributed by atoms with E-state index in [0.29, 0.717) is 16.6 Å². The first-order chi connectivity index (χ1) is 13.5. The fourth-order valence-electron chi connectivity index (χ4n) is 2.89. The van der Waals surface area contributed by atoms with Crippen LogP contribution in [-0.2, 0) is 4.79 Å². The Kier molecular flexibility index (Phi) is 6.06. The lowest BCUT2D eigenvalue weighted by atomic mass is 10.2. The van der Waals surface area contributed by atoms with Gasteiger partial charge in [-0.3, -0.25) is 14.5 Å². The normalized spacial score (nSPS) is 11.0. The van der Waals surface area contributed by atoms with E-state index in [4.69, 9.17) is 4.74 Å². The number of halogens is 1. The lowest BCUT2D eigenvalue weighted by Gasteiger charge is -2.17. The molecule has 7 heteroatoms. The van der Waals surface area contributed by atoms with Gasteiger partial charge in [0, 0.05) is 23.2 Å². The molecular weight excluding hydrogens is 361 g/mol. The summed E-state index contributed by atoms with van der Waals surface area (Å²) >= 11 is 0. The molecule has 28 heavy (non-hydrogen) atoms. The molecule has 3 aromatic rings. The van der Waals surface area contributed by atoms with Gasteiger partial charge in [-0.15, -0.1) is 0 Å². The fourth-order valence-corrected chi connectivity index (χ4v) is 2.89. The van der Waals surface area contributed by atoms with Crippen LogP contribution in [0.3, 0.4) is 0 Å². The Morgan fingerprint density at radius 1 is 1.11 bits per heavy atom. The van der Waals surface area contributed by atoms with E-state index in [9.17, 15) is 14.0 Å². The summed E-state index contributed by atoms with van der Waals surface area (Å²) in [5, 5.41) is 3.35. The summed E-state index contributed by atoms with van der Waals surface area (Å²) in [6, 6.07) is 12.6. The number of likely N-dealkylation sites (N-methyl/N-ethyl adjacent to an activating group) is 1. The number of pyridine rings is 1. The van der Waals surface area contributed by atoms with Crippen LogP contribution in [0, 0.1) is 5.82 Å². The number of rotatable bonds is 7. The van der Waals surface area contributed by atoms with E-state index in [2.05, 4.69) is 10.3 Å². The van der Waals surface area contributed by atoms with Gasteiger partial charge < -0.3 is 15.0 Å². The Morgan fingerprint density at radius 3 is 2.57 bits per heavy atom. The van der Waals surface area contributed by atoms with Gasteiger partial charge in [0.2, 0.25) is 5.91 Å². The molecule has 0 fully saturated rings. The second-order valence-corrected chi connectivity index (χ2v) is 6.30. The lowest BCUT2D eigenvalue weighted by Crippen LogP contribution is -2.32. The van der Waals surface area contributed by atoms with Crippen molar-refractivity contribution >= 4 is 22.5 Å². The molecule has 0 unspecified atom stereocenters. The predicted molar refractivity (Wildman–Crippen MR) is 107 cm³/mol. The number of fused-ring (bicyclic) bond motifs is 1. The van der Waals surface area contributed by atoms with E-state index in [1.54, 1.807) is 30.3 Å². The minimum absolute atomic E-state index is 0.0301. The van der Waals surface area contributed by atoms with Crippen molar-refractivity contribution < 1.29 is 13.9 Å². The fraction of sp³-hybridized carbons (Fsp3) is 0.238. The molecule has 0 aliphatic carbocycles. The van der Waals surface area contributed by atoms with Crippen LogP contribution in [0.1, 0.15) is 13.8 Å². The van der Waals surface area contributed by atoms with Crippen molar-refractivity contribution in [2.45, 2.75) is 13.8 Å². The van der Waals surface area contributed by atoms with Gasteiger partial charge in [-0.1, -0.05) is 26.0 Å². The summed E-state index contributed by atoms with van der Waals surface area (Å²) < 4.78 is 20.2. The monoisotopic (exact) mass is 383 g/mol. The summed E-state index contributed by atoms with van der Waals surface area (Å²) in [4.78, 5) is 28.5. The van der Waals surface area contributed by atoms with Gasteiger partial charge in [0.25, 0.3) is 5.56 Å². The van der Waals surface area contributed by atoms with Crippen molar-refractivity contribution in [3.63, 3.8) is 0 Å². The Hall–Kier alpha value is -3.19. The predicted octanol–water partition coefficient (Wildman–Crippen LogP) is 3.74. The SMILES string of the molecule is CCN(CC)CC(=O)Nc1ccc(Oc2cc(=O)[nH]c3ccccc23)c(F)c1. The number of H-pyrrole nitrogens is 1. The highest BCUT2D eigenvalue weighted by atomic mass is 19.1. The van der Waals surface area contributed by atoms with Crippen LogP contribution in [-0.4, -0.2) is 35.4 Å². The van der Waals surface area contributed by atoms with Gasteiger partial charge in [-0.05, 0) is 37.4 Å². The number of hydrogen-bond acceptors (Lipinski definition) is 4. The number of anilines is 1. The van der Waals surface area contributed by atoms with Gasteiger partial charge in [-0.25, -0.2) is 4.39 Å². The lowest BCUT2D eigenvalue weighted by molar-refractivity contribution is -0.117. The first-order valence-electron chi connectivity index (χ1n) is 9.11. The van der Waals surface area contributed by atoms with E-state index in [1.165, 1.54) is 18.2 Å². The summed E-state index contributed by atoms with van der Waals surface area (Å²) in [5.74, 6) is -0.614. The minimum Gasteiger partial charge on any atom is -0.453 e. The maximum absolute atomic E-state index is 14.5. The Morgan fingerprint density at radius 2 is 1.86 bits per heavy atom. The molecule has 146 valence electrons. The number of para-hydroxylation sites is 1. The van der Waals surface area contributed by atoms with Gasteiger partial charge in [-0.2, -0.15) is 0 Å². The van der Waals surface area contributed by atoms with Crippen molar-refractivity contribution in [2.75, 3.05) is 25.0 Å². The zero-order valence-electron chi connectivity index (χ0n) is 15.8. The highest BCUT2D eigenvalue weighted by Crippen LogP contribution is 2.30. The van der Waals surface area contributed by atoms with E-state index >= 15 is 0 Å². The summed E-state index contributed by atoms with van der Waals surface area (Å²) in [6.45, 7) is 5.71. The van der Waals surface area contributed by atoms with Crippen molar-refractivity contribution in [3.8, 4) is 11.5 Å². The maximum Gasteiger partial charge on any atom is 0.252 e. The Labute approximate surface area is 161 Å². The summed E-state index contributed by atoms with van der Waals surface area (Å²) in [5.41, 5.74) is 0.609. The topological polar surface area (TPSA) is 74.4 Å². The second kappa shape index (κ2) is 8.67. The quantitative estimate of drug-likeness (QED) is 0.652. The van der Waals surface area contributed by atoms with Crippen molar-refractivity contribution in [1.29, 1.82) is 0 Å². The van der Waals surface area contributed by atoms with Gasteiger partial charge in [0.05, 0.1) is 12.1 Å². The number of carbonyl (C=O) groups excluding carboxylic acids is 1. The van der Waals surface area contributed by atoms with E-state index in [-0.39, 0.29) is 29.5 Å². The van der Waals surface area contributed by atoms with Gasteiger partial charge in [0.1, 0.15) is 5.75 Å². The minimum atomic E-state index is -0.634. The van der Waals surface area contributed by atoms with Crippen molar-refractivity contribution in [1.82, 2.24) is 9.88 Å². The molecule has 2 N–H and O–H groups in total. The maximum atomic E-state index is 14.5. The molecule has 1 aromatic heterocycles. The van der Waals surface area contributed by atoms with Gasteiger partial charge in [0.15, 0.2) is 11.6 Å². The molecule has 0 saturated carbocycles. The molecule has 2 aromatic carbocycles. The van der Waals surface area contributed by atoms with E-state index < -0.39 is 5.82 Å². The molecule has 1 amide bonds. The first kappa shape index (κ1) is 19.6. The second-order valence-electron chi connectivity index (χ2n) is 6.30. The highest BCUT2D eigenvalue weighted by Gasteiger charge is 2.12. The number of amides is 1. The molecule has 0 spiro atoms. The van der Waals surface area contributed by atoms with Gasteiger partial charge >= 0.3 is 0 Å². The zero-order chi connectivity index (χ0) is 20.1. The average molecular weight is 383 g/mol. The number of hydrogen-bond donors (Lipinski definition) is 2. The number of nitrogens with one attached hydrogen (secondary N) is 2. The molecule has 0 saturated heterocycles. The third kappa shape index (κ3) is 4.55. The molecule has 0 bridgehead atoms. The van der Waals surface area contributed by atoms with Crippen LogP contribution in [0.5, 0.6) is 11.5 Å². The number of nitrogens with zero attached hydrogens (tertiary/aromatic N) is 1. The van der Waals surface area contributed by atoms with E-state index in [1.807, 2.05) is 18.7 Å². The highest BCUT2D eigenvalue weighted by molar-refractivity contribution is 5.92. The van der Waals surface area contributed by atoms with E-state index in [0.717, 1.165) is 13.1 Å². The molecule has 0 aliphatic rings. The molecule has 0 aliphatic heterocycles.